The molecule has 0 saturated carbocycles. The average molecular weight is 552 g/mol. The molecule has 12 heteroatoms. The zero-order chi connectivity index (χ0) is 27.3. The van der Waals surface area contributed by atoms with Crippen LogP contribution in [0.25, 0.3) is 0 Å². The Hall–Kier alpha value is -2.05. The second kappa shape index (κ2) is 12.0. The van der Waals surface area contributed by atoms with E-state index in [1.807, 2.05) is 0 Å². The van der Waals surface area contributed by atoms with Crippen LogP contribution in [0, 0.1) is 0 Å². The van der Waals surface area contributed by atoms with Crippen LogP contribution < -0.4 is 0 Å². The van der Waals surface area contributed by atoms with E-state index in [-0.39, 0.29) is 36.3 Å². The van der Waals surface area contributed by atoms with Gasteiger partial charge in [0.05, 0.1) is 12.6 Å². The van der Waals surface area contributed by atoms with Crippen LogP contribution >= 0.6 is 0 Å². The lowest BCUT2D eigenvalue weighted by molar-refractivity contribution is -0.0547. The van der Waals surface area contributed by atoms with Crippen LogP contribution in [0.4, 0.5) is 18.0 Å². The topological polar surface area (TPSA) is 82.1 Å². The molecule has 1 unspecified atom stereocenters. The van der Waals surface area contributed by atoms with Crippen LogP contribution in [0.3, 0.4) is 0 Å². The fraction of sp³-hybridized carbons (Fsp3) is 0.625. The summed E-state index contributed by atoms with van der Waals surface area (Å²) in [6, 6.07) is 7.96. The van der Waals surface area contributed by atoms with Gasteiger partial charge in [0.25, 0.3) is 0 Å². The lowest BCUT2D eigenvalue weighted by atomic mass is 10.1. The molecular weight excluding hydrogens is 515 g/mol. The molecule has 2 rings (SSSR count). The molecule has 0 bridgehead atoms. The van der Waals surface area contributed by atoms with Crippen LogP contribution in [-0.4, -0.2) is 45.9 Å². The molecule has 1 aliphatic heterocycles. The van der Waals surface area contributed by atoms with Crippen molar-refractivity contribution in [3.63, 3.8) is 0 Å². The number of rotatable bonds is 10. The summed E-state index contributed by atoms with van der Waals surface area (Å²) >= 11 is 0. The van der Waals surface area contributed by atoms with Crippen molar-refractivity contribution in [3.05, 3.63) is 47.9 Å². The van der Waals surface area contributed by atoms with E-state index in [0.717, 1.165) is 11.0 Å². The summed E-state index contributed by atoms with van der Waals surface area (Å²) in [6.45, 7) is 12.4. The Morgan fingerprint density at radius 2 is 1.61 bits per heavy atom. The van der Waals surface area contributed by atoms with Gasteiger partial charge in [0.1, 0.15) is 6.61 Å². The lowest BCUT2D eigenvalue weighted by Gasteiger charge is -2.44. The van der Waals surface area contributed by atoms with Crippen LogP contribution in [-0.2, 0) is 30.1 Å². The highest BCUT2D eigenvalue weighted by Crippen LogP contribution is 2.43. The van der Waals surface area contributed by atoms with Crippen molar-refractivity contribution in [3.8, 4) is 0 Å². The lowest BCUT2D eigenvalue weighted by Crippen LogP contribution is -2.52. The molecule has 1 atom stereocenters. The van der Waals surface area contributed by atoms with Gasteiger partial charge in [0, 0.05) is 0 Å². The number of hydrogen-bond donors (Lipinski definition) is 0. The second-order valence-electron chi connectivity index (χ2n) is 9.80. The predicted molar refractivity (Wildman–Crippen MR) is 133 cm³/mol. The molecule has 1 heterocycles. The van der Waals surface area contributed by atoms with Crippen LogP contribution in [0.15, 0.2) is 42.3 Å². The van der Waals surface area contributed by atoms with Crippen LogP contribution in [0.2, 0.25) is 16.6 Å². The van der Waals surface area contributed by atoms with E-state index in [1.165, 1.54) is 0 Å². The van der Waals surface area contributed by atoms with Crippen molar-refractivity contribution >= 4 is 24.5 Å². The maximum absolute atomic E-state index is 13.1. The highest BCUT2D eigenvalue weighted by Gasteiger charge is 2.51. The molecule has 1 amide bonds. The number of nitrogens with zero attached hydrogens (tertiary/aromatic N) is 1. The third kappa shape index (κ3) is 6.83. The Morgan fingerprint density at radius 1 is 1.06 bits per heavy atom. The highest BCUT2D eigenvalue weighted by atomic mass is 32.2. The largest absolute Gasteiger partial charge is 0.534 e. The van der Waals surface area contributed by atoms with Gasteiger partial charge >= 0.3 is 21.7 Å². The Morgan fingerprint density at radius 3 is 2.11 bits per heavy atom. The maximum atomic E-state index is 13.1. The van der Waals surface area contributed by atoms with Gasteiger partial charge < -0.3 is 13.3 Å². The zero-order valence-electron chi connectivity index (χ0n) is 21.5. The van der Waals surface area contributed by atoms with Crippen molar-refractivity contribution in [1.29, 1.82) is 0 Å². The van der Waals surface area contributed by atoms with Crippen LogP contribution in [0.1, 0.15) is 59.9 Å². The zero-order valence-corrected chi connectivity index (χ0v) is 23.4. The summed E-state index contributed by atoms with van der Waals surface area (Å²) in [5.74, 6) is -0.726. The molecule has 1 aromatic rings. The highest BCUT2D eigenvalue weighted by molar-refractivity contribution is 7.87. The molecule has 0 fully saturated rings. The smallest absolute Gasteiger partial charge is 0.444 e. The van der Waals surface area contributed by atoms with Crippen molar-refractivity contribution < 1.29 is 39.7 Å². The summed E-state index contributed by atoms with van der Waals surface area (Å²) < 4.78 is 79.1. The van der Waals surface area contributed by atoms with Crippen molar-refractivity contribution in [2.24, 2.45) is 0 Å². The van der Waals surface area contributed by atoms with Crippen molar-refractivity contribution in [2.75, 3.05) is 6.61 Å². The molecule has 0 saturated heterocycles. The molecule has 1 aromatic carbocycles. The number of allylic oxidation sites excluding steroid dienone is 1. The molecule has 0 aliphatic carbocycles. The fourth-order valence-electron chi connectivity index (χ4n) is 4.97. The van der Waals surface area contributed by atoms with Gasteiger partial charge in [0.2, 0.25) is 5.88 Å². The Bertz CT molecular complexity index is 991. The molecule has 36 heavy (non-hydrogen) atoms. The van der Waals surface area contributed by atoms with E-state index in [9.17, 15) is 26.4 Å². The number of carbonyl (C=O) groups excluding carboxylic acids is 1. The minimum Gasteiger partial charge on any atom is -0.444 e. The fourth-order valence-corrected chi connectivity index (χ4v) is 10.9. The van der Waals surface area contributed by atoms with Gasteiger partial charge in [-0.15, -0.1) is 0 Å². The summed E-state index contributed by atoms with van der Waals surface area (Å²) in [7, 11) is -8.37. The normalized spacial score (nSPS) is 17.5. The summed E-state index contributed by atoms with van der Waals surface area (Å²) in [5, 5.41) is 0. The van der Waals surface area contributed by atoms with Gasteiger partial charge in [-0.25, -0.2) is 9.69 Å². The number of alkyl halides is 3. The molecule has 7 nitrogen and oxygen atoms in total. The molecular formula is C24H36F3NO6SSi. The van der Waals surface area contributed by atoms with Gasteiger partial charge in [-0.1, -0.05) is 71.9 Å². The number of ether oxygens (including phenoxy) is 1. The summed E-state index contributed by atoms with van der Waals surface area (Å²) in [6.07, 6.45) is 0.695. The number of carbonyl (C=O) groups is 1. The number of hydrogen-bond acceptors (Lipinski definition) is 6. The van der Waals surface area contributed by atoms with Gasteiger partial charge in [-0.2, -0.15) is 21.6 Å². The first-order chi connectivity index (χ1) is 16.6. The molecule has 204 valence electrons. The summed E-state index contributed by atoms with van der Waals surface area (Å²) in [5.41, 5.74) is -4.29. The SMILES string of the molecule is CC(C)[Si](OCC1CCC=C(OS(=O)(=O)C(F)(F)F)N1C(=O)OCc1ccccc1)(C(C)C)C(C)C. The van der Waals surface area contributed by atoms with Gasteiger partial charge in [-0.05, 0) is 41.1 Å². The first-order valence-corrected chi connectivity index (χ1v) is 15.5. The maximum Gasteiger partial charge on any atom is 0.534 e. The minimum absolute atomic E-state index is 0.0218. The monoisotopic (exact) mass is 551 g/mol. The summed E-state index contributed by atoms with van der Waals surface area (Å²) in [4.78, 5) is 14.0. The number of halogens is 3. The Kier molecular flexibility index (Phi) is 10.1. The number of benzene rings is 1. The third-order valence-corrected chi connectivity index (χ3v) is 13.6. The van der Waals surface area contributed by atoms with E-state index in [2.05, 4.69) is 45.7 Å². The first kappa shape index (κ1) is 30.2. The van der Waals surface area contributed by atoms with E-state index in [0.29, 0.717) is 12.0 Å². The van der Waals surface area contributed by atoms with Gasteiger partial charge in [0.15, 0.2) is 8.32 Å². The van der Waals surface area contributed by atoms with Crippen molar-refractivity contribution in [1.82, 2.24) is 4.90 Å². The first-order valence-electron chi connectivity index (χ1n) is 12.0. The molecule has 0 radical (unpaired) electrons. The number of amides is 1. The molecule has 0 aromatic heterocycles. The standard InChI is InChI=1S/C24H36F3NO6SSi/c1-17(2)36(18(3)4,19(5)6)33-16-21-13-10-14-22(34-35(30,31)24(25,26)27)28(21)23(29)32-15-20-11-8-7-9-12-20/h7-9,11-12,14,17-19,21H,10,13,15-16H2,1-6H3. The quantitative estimate of drug-likeness (QED) is 0.183. The van der Waals surface area contributed by atoms with Crippen LogP contribution in [0.5, 0.6) is 0 Å². The molecule has 1 aliphatic rings. The molecule has 0 spiro atoms. The van der Waals surface area contributed by atoms with E-state index in [4.69, 9.17) is 9.16 Å². The van der Waals surface area contributed by atoms with Crippen molar-refractivity contribution in [2.45, 2.75) is 89.2 Å². The second-order valence-corrected chi connectivity index (χ2v) is 16.8. The van der Waals surface area contributed by atoms with E-state index >= 15 is 0 Å². The third-order valence-electron chi connectivity index (χ3n) is 6.53. The Balaban J connectivity index is 2.36. The van der Waals surface area contributed by atoms with E-state index < -0.39 is 42.0 Å². The predicted octanol–water partition coefficient (Wildman–Crippen LogP) is 6.69. The van der Waals surface area contributed by atoms with E-state index in [1.54, 1.807) is 30.3 Å². The average Bonchev–Trinajstić information content (AvgIpc) is 2.77. The molecule has 0 N–H and O–H groups in total. The van der Waals surface area contributed by atoms with Gasteiger partial charge in [-0.3, -0.25) is 0 Å². The minimum atomic E-state index is -5.99. The Labute approximate surface area is 212 Å².